The summed E-state index contributed by atoms with van der Waals surface area (Å²) in [5.41, 5.74) is 0.258. The van der Waals surface area contributed by atoms with Crippen LogP contribution in [0.5, 0.6) is 0 Å². The van der Waals surface area contributed by atoms with Crippen molar-refractivity contribution in [3.63, 3.8) is 0 Å². The summed E-state index contributed by atoms with van der Waals surface area (Å²) >= 11 is 0. The van der Waals surface area contributed by atoms with Crippen LogP contribution in [-0.2, 0) is 14.8 Å². The van der Waals surface area contributed by atoms with Gasteiger partial charge in [-0.15, -0.1) is 0 Å². The van der Waals surface area contributed by atoms with Crippen molar-refractivity contribution in [2.75, 3.05) is 18.4 Å². The summed E-state index contributed by atoms with van der Waals surface area (Å²) in [5.74, 6) is -1.04. The predicted octanol–water partition coefficient (Wildman–Crippen LogP) is 9.19. The fourth-order valence-corrected chi connectivity index (χ4v) is 6.67. The summed E-state index contributed by atoms with van der Waals surface area (Å²) in [6.45, 7) is 2.78. The summed E-state index contributed by atoms with van der Waals surface area (Å²) in [5, 5.41) is 4.24. The molecule has 0 unspecified atom stereocenters. The molecular weight excluding hydrogens is 584 g/mol. The Morgan fingerprint density at radius 3 is 2.07 bits per heavy atom. The molecule has 0 aliphatic rings. The van der Waals surface area contributed by atoms with E-state index in [1.54, 1.807) is 18.2 Å². The predicted molar refractivity (Wildman–Crippen MR) is 184 cm³/mol. The number of hydrogen-bond acceptors (Lipinski definition) is 5. The highest BCUT2D eigenvalue weighted by molar-refractivity contribution is 7.93. The van der Waals surface area contributed by atoms with Crippen LogP contribution >= 0.6 is 0 Å². The third-order valence-electron chi connectivity index (χ3n) is 7.94. The molecular formula is C37H50N2O5S. The number of sulfonamides is 1. The van der Waals surface area contributed by atoms with E-state index in [0.717, 1.165) is 31.1 Å². The minimum absolute atomic E-state index is 0.0142. The van der Waals surface area contributed by atoms with Gasteiger partial charge >= 0.3 is 5.97 Å². The van der Waals surface area contributed by atoms with Crippen LogP contribution in [0.3, 0.4) is 0 Å². The number of carbonyl (C=O) groups is 2. The van der Waals surface area contributed by atoms with Gasteiger partial charge < -0.3 is 10.1 Å². The van der Waals surface area contributed by atoms with Crippen molar-refractivity contribution in [2.24, 2.45) is 0 Å². The number of carbonyl (C=O) groups excluding carboxylic acids is 2. The van der Waals surface area contributed by atoms with Crippen LogP contribution in [0.2, 0.25) is 0 Å². The zero-order valence-corrected chi connectivity index (χ0v) is 27.8. The minimum atomic E-state index is -4.09. The Labute approximate surface area is 269 Å². The van der Waals surface area contributed by atoms with Gasteiger partial charge in [-0.1, -0.05) is 113 Å². The number of anilines is 1. The number of esters is 1. The van der Waals surface area contributed by atoms with Crippen molar-refractivity contribution < 1.29 is 22.7 Å². The molecule has 3 aromatic carbocycles. The molecule has 0 atom stereocenters. The SMILES string of the molecule is CCCCCCCC/C=C\CCCCCCCCNC(=O)c1ccc(C(=O)OC)c(NS(=O)(=O)c2cccc3ccccc23)c1. The van der Waals surface area contributed by atoms with Gasteiger partial charge in [0, 0.05) is 17.5 Å². The van der Waals surface area contributed by atoms with E-state index >= 15 is 0 Å². The minimum Gasteiger partial charge on any atom is -0.465 e. The molecule has 0 aromatic heterocycles. The number of hydrogen-bond donors (Lipinski definition) is 2. The van der Waals surface area contributed by atoms with Crippen LogP contribution in [0.15, 0.2) is 77.7 Å². The molecule has 1 amide bonds. The van der Waals surface area contributed by atoms with E-state index in [-0.39, 0.29) is 27.6 Å². The topological polar surface area (TPSA) is 102 Å². The lowest BCUT2D eigenvalue weighted by Gasteiger charge is -2.14. The molecule has 0 spiro atoms. The van der Waals surface area contributed by atoms with E-state index in [4.69, 9.17) is 4.74 Å². The van der Waals surface area contributed by atoms with Crippen molar-refractivity contribution in [1.29, 1.82) is 0 Å². The average molecular weight is 635 g/mol. The summed E-state index contributed by atoms with van der Waals surface area (Å²) in [4.78, 5) is 25.4. The lowest BCUT2D eigenvalue weighted by molar-refractivity contribution is 0.0601. The van der Waals surface area contributed by atoms with Crippen molar-refractivity contribution >= 4 is 38.4 Å². The molecule has 0 heterocycles. The second-order valence-corrected chi connectivity index (χ2v) is 13.2. The van der Waals surface area contributed by atoms with Gasteiger partial charge in [0.1, 0.15) is 0 Å². The number of amides is 1. The van der Waals surface area contributed by atoms with E-state index in [1.165, 1.54) is 95.6 Å². The van der Waals surface area contributed by atoms with Crippen LogP contribution < -0.4 is 10.0 Å². The first kappa shape index (κ1) is 35.8. The van der Waals surface area contributed by atoms with Crippen molar-refractivity contribution in [3.8, 4) is 0 Å². The van der Waals surface area contributed by atoms with E-state index in [9.17, 15) is 18.0 Å². The molecule has 2 N–H and O–H groups in total. The normalized spacial score (nSPS) is 11.6. The first-order chi connectivity index (χ1) is 21.9. The number of fused-ring (bicyclic) bond motifs is 1. The number of nitrogens with one attached hydrogen (secondary N) is 2. The molecule has 0 saturated heterocycles. The summed E-state index contributed by atoms with van der Waals surface area (Å²) in [6.07, 6.45) is 21.8. The first-order valence-corrected chi connectivity index (χ1v) is 18.0. The average Bonchev–Trinajstić information content (AvgIpc) is 3.05. The van der Waals surface area contributed by atoms with Crippen LogP contribution in [0.4, 0.5) is 5.69 Å². The third-order valence-corrected chi connectivity index (χ3v) is 9.37. The highest BCUT2D eigenvalue weighted by Crippen LogP contribution is 2.27. The molecule has 0 fully saturated rings. The van der Waals surface area contributed by atoms with Crippen molar-refractivity contribution in [2.45, 2.75) is 102 Å². The summed E-state index contributed by atoms with van der Waals surface area (Å²) < 4.78 is 34.3. The van der Waals surface area contributed by atoms with Gasteiger partial charge in [-0.2, -0.15) is 0 Å². The number of rotatable bonds is 21. The maximum atomic E-state index is 13.4. The molecule has 0 radical (unpaired) electrons. The fourth-order valence-electron chi connectivity index (χ4n) is 5.36. The number of allylic oxidation sites excluding steroid dienone is 2. The van der Waals surface area contributed by atoms with Crippen LogP contribution in [0.25, 0.3) is 10.8 Å². The van der Waals surface area contributed by atoms with Gasteiger partial charge in [0.15, 0.2) is 0 Å². The number of unbranched alkanes of at least 4 members (excludes halogenated alkanes) is 12. The molecule has 0 aliphatic carbocycles. The maximum absolute atomic E-state index is 13.4. The lowest BCUT2D eigenvalue weighted by atomic mass is 10.1. The number of ether oxygens (including phenoxy) is 1. The first-order valence-electron chi connectivity index (χ1n) is 16.5. The van der Waals surface area contributed by atoms with Gasteiger partial charge in [-0.3, -0.25) is 9.52 Å². The summed E-state index contributed by atoms with van der Waals surface area (Å²) in [6, 6.07) is 16.4. The standard InChI is InChI=1S/C37H50N2O5S/c1-3-4-5-6-7-8-9-10-11-12-13-14-15-16-17-20-28-38-36(40)31-26-27-33(37(41)44-2)34(29-31)39-45(42,43)35-25-21-23-30-22-18-19-24-32(30)35/h10-11,18-19,21-27,29,39H,3-9,12-17,20,28H2,1-2H3,(H,38,40)/b11-10-. The van der Waals surface area contributed by atoms with Gasteiger partial charge in [-0.05, 0) is 61.8 Å². The molecule has 0 aliphatic heterocycles. The Bertz CT molecular complexity index is 1490. The van der Waals surface area contributed by atoms with Crippen LogP contribution in [-0.4, -0.2) is 33.9 Å². The zero-order chi connectivity index (χ0) is 32.3. The smallest absolute Gasteiger partial charge is 0.339 e. The van der Waals surface area contributed by atoms with Crippen LogP contribution in [0, 0.1) is 0 Å². The van der Waals surface area contributed by atoms with E-state index in [2.05, 4.69) is 29.1 Å². The summed E-state index contributed by atoms with van der Waals surface area (Å²) in [7, 11) is -2.86. The largest absolute Gasteiger partial charge is 0.465 e. The Kier molecular flexibility index (Phi) is 15.7. The molecule has 3 aromatic rings. The van der Waals surface area contributed by atoms with E-state index in [1.807, 2.05) is 18.2 Å². The van der Waals surface area contributed by atoms with Gasteiger partial charge in [0.2, 0.25) is 0 Å². The second kappa shape index (κ2) is 19.7. The molecule has 0 bridgehead atoms. The van der Waals surface area contributed by atoms with Gasteiger partial charge in [0.25, 0.3) is 15.9 Å². The molecule has 0 saturated carbocycles. The number of methoxy groups -OCH3 is 1. The molecule has 7 nitrogen and oxygen atoms in total. The van der Waals surface area contributed by atoms with Gasteiger partial charge in [-0.25, -0.2) is 13.2 Å². The maximum Gasteiger partial charge on any atom is 0.339 e. The quantitative estimate of drug-likeness (QED) is 0.0691. The second-order valence-electron chi connectivity index (χ2n) is 11.5. The molecule has 45 heavy (non-hydrogen) atoms. The third kappa shape index (κ3) is 12.0. The number of benzene rings is 3. The van der Waals surface area contributed by atoms with E-state index in [0.29, 0.717) is 11.9 Å². The van der Waals surface area contributed by atoms with Crippen molar-refractivity contribution in [3.05, 3.63) is 83.9 Å². The molecule has 3 rings (SSSR count). The fraction of sp³-hybridized carbons (Fsp3) is 0.459. The molecule has 244 valence electrons. The van der Waals surface area contributed by atoms with E-state index < -0.39 is 16.0 Å². The monoisotopic (exact) mass is 634 g/mol. The lowest BCUT2D eigenvalue weighted by Crippen LogP contribution is -2.25. The highest BCUT2D eigenvalue weighted by atomic mass is 32.2. The Hall–Kier alpha value is -3.65. The van der Waals surface area contributed by atoms with Crippen molar-refractivity contribution in [1.82, 2.24) is 5.32 Å². The zero-order valence-electron chi connectivity index (χ0n) is 27.0. The van der Waals surface area contributed by atoms with Crippen LogP contribution in [0.1, 0.15) is 118 Å². The van der Waals surface area contributed by atoms with Gasteiger partial charge in [0.05, 0.1) is 23.3 Å². The molecule has 8 heteroatoms. The Balaban J connectivity index is 1.43. The Morgan fingerprint density at radius 1 is 0.756 bits per heavy atom. The Morgan fingerprint density at radius 2 is 1.38 bits per heavy atom. The highest BCUT2D eigenvalue weighted by Gasteiger charge is 2.22.